The maximum Gasteiger partial charge on any atom is 0.416 e. The highest BCUT2D eigenvalue weighted by atomic mass is 79.9. The van der Waals surface area contributed by atoms with Crippen molar-refractivity contribution in [3.8, 4) is 0 Å². The molecule has 1 aromatic rings. The van der Waals surface area contributed by atoms with Gasteiger partial charge in [-0.05, 0) is 43.5 Å². The zero-order chi connectivity index (χ0) is 15.0. The minimum atomic E-state index is -4.38. The van der Waals surface area contributed by atoms with E-state index in [-0.39, 0.29) is 5.69 Å². The molecule has 0 bridgehead atoms. The number of anilines is 1. The second kappa shape index (κ2) is 8.14. The Hall–Kier alpha value is -1.24. The summed E-state index contributed by atoms with van der Waals surface area (Å²) in [6.45, 7) is 0.291. The highest BCUT2D eigenvalue weighted by molar-refractivity contribution is 9.09. The molecule has 0 atom stereocenters. The Morgan fingerprint density at radius 3 is 2.35 bits per heavy atom. The van der Waals surface area contributed by atoms with E-state index in [0.717, 1.165) is 36.7 Å². The van der Waals surface area contributed by atoms with Crippen molar-refractivity contribution in [3.05, 3.63) is 29.8 Å². The first-order valence-corrected chi connectivity index (χ1v) is 7.22. The first-order valence-electron chi connectivity index (χ1n) is 6.10. The number of alkyl halides is 4. The third kappa shape index (κ3) is 6.27. The van der Waals surface area contributed by atoms with E-state index in [1.165, 1.54) is 12.1 Å². The molecule has 0 aliphatic carbocycles. The van der Waals surface area contributed by atoms with Gasteiger partial charge in [-0.25, -0.2) is 4.79 Å². The van der Waals surface area contributed by atoms with E-state index in [2.05, 4.69) is 21.2 Å². The summed E-state index contributed by atoms with van der Waals surface area (Å²) < 4.78 is 41.9. The fraction of sp³-hybridized carbons (Fsp3) is 0.462. The van der Waals surface area contributed by atoms with Gasteiger partial charge >= 0.3 is 12.3 Å². The van der Waals surface area contributed by atoms with Crippen LogP contribution in [0.4, 0.5) is 23.7 Å². The smallest absolute Gasteiger partial charge is 0.416 e. The van der Waals surface area contributed by atoms with E-state index >= 15 is 0 Å². The van der Waals surface area contributed by atoms with Crippen molar-refractivity contribution >= 4 is 27.7 Å². The number of amides is 1. The molecule has 0 radical (unpaired) electrons. The number of ether oxygens (including phenoxy) is 1. The average molecular weight is 354 g/mol. The van der Waals surface area contributed by atoms with E-state index in [4.69, 9.17) is 4.74 Å². The summed E-state index contributed by atoms with van der Waals surface area (Å²) in [5, 5.41) is 3.28. The van der Waals surface area contributed by atoms with Crippen molar-refractivity contribution in [1.82, 2.24) is 0 Å². The van der Waals surface area contributed by atoms with Crippen molar-refractivity contribution in [2.75, 3.05) is 17.3 Å². The summed E-state index contributed by atoms with van der Waals surface area (Å²) >= 11 is 3.29. The Kier molecular flexibility index (Phi) is 6.84. The Bertz CT molecular complexity index is 421. The van der Waals surface area contributed by atoms with Gasteiger partial charge in [0.15, 0.2) is 0 Å². The van der Waals surface area contributed by atoms with Crippen molar-refractivity contribution in [3.63, 3.8) is 0 Å². The molecule has 0 aliphatic heterocycles. The van der Waals surface area contributed by atoms with Gasteiger partial charge in [-0.1, -0.05) is 15.9 Å². The van der Waals surface area contributed by atoms with Gasteiger partial charge in [-0.3, -0.25) is 5.32 Å². The Labute approximate surface area is 123 Å². The second-order valence-corrected chi connectivity index (χ2v) is 4.88. The largest absolute Gasteiger partial charge is 0.449 e. The first kappa shape index (κ1) is 16.8. The van der Waals surface area contributed by atoms with Gasteiger partial charge in [-0.15, -0.1) is 0 Å². The van der Waals surface area contributed by atoms with Crippen LogP contribution >= 0.6 is 15.9 Å². The monoisotopic (exact) mass is 353 g/mol. The number of carbonyl (C=O) groups excluding carboxylic acids is 1. The first-order chi connectivity index (χ1) is 9.43. The van der Waals surface area contributed by atoms with Crippen molar-refractivity contribution in [1.29, 1.82) is 0 Å². The zero-order valence-electron chi connectivity index (χ0n) is 10.7. The summed E-state index contributed by atoms with van der Waals surface area (Å²) in [4.78, 5) is 11.4. The molecule has 0 aliphatic rings. The molecule has 0 fully saturated rings. The van der Waals surface area contributed by atoms with Gasteiger partial charge in [-0.2, -0.15) is 13.2 Å². The highest BCUT2D eigenvalue weighted by Crippen LogP contribution is 2.29. The predicted octanol–water partition coefficient (Wildman–Crippen LogP) is 4.82. The van der Waals surface area contributed by atoms with Crippen LogP contribution in [0.3, 0.4) is 0 Å². The number of halogens is 4. The summed E-state index contributed by atoms with van der Waals surface area (Å²) in [6.07, 6.45) is -2.34. The third-order valence-corrected chi connectivity index (χ3v) is 3.03. The van der Waals surface area contributed by atoms with Crippen LogP contribution in [0, 0.1) is 0 Å². The van der Waals surface area contributed by atoms with Crippen LogP contribution in [-0.2, 0) is 10.9 Å². The molecule has 3 nitrogen and oxygen atoms in total. The normalized spacial score (nSPS) is 11.2. The van der Waals surface area contributed by atoms with E-state index < -0.39 is 17.8 Å². The maximum absolute atomic E-state index is 12.3. The molecule has 1 amide bonds. The molecule has 1 N–H and O–H groups in total. The molecule has 0 heterocycles. The van der Waals surface area contributed by atoms with Crippen LogP contribution in [0.25, 0.3) is 0 Å². The molecule has 20 heavy (non-hydrogen) atoms. The standard InChI is InChI=1S/C13H15BrF3NO2/c14-8-2-1-3-9-20-12(19)18-11-6-4-10(5-7-11)13(15,16)17/h4-7H,1-3,8-9H2,(H,18,19). The van der Waals surface area contributed by atoms with Crippen LogP contribution in [0.5, 0.6) is 0 Å². The number of hydrogen-bond donors (Lipinski definition) is 1. The van der Waals surface area contributed by atoms with Crippen molar-refractivity contribution < 1.29 is 22.7 Å². The van der Waals surface area contributed by atoms with Crippen LogP contribution < -0.4 is 5.32 Å². The lowest BCUT2D eigenvalue weighted by atomic mass is 10.2. The molecule has 0 saturated carbocycles. The number of rotatable bonds is 6. The molecule has 0 saturated heterocycles. The fourth-order valence-electron chi connectivity index (χ4n) is 1.43. The van der Waals surface area contributed by atoms with E-state index in [1.54, 1.807) is 0 Å². The van der Waals surface area contributed by atoms with Crippen LogP contribution in [-0.4, -0.2) is 18.0 Å². The molecule has 0 unspecified atom stereocenters. The number of nitrogens with one attached hydrogen (secondary N) is 1. The van der Waals surface area contributed by atoms with Gasteiger partial charge in [0.1, 0.15) is 0 Å². The lowest BCUT2D eigenvalue weighted by molar-refractivity contribution is -0.137. The number of benzene rings is 1. The minimum absolute atomic E-state index is 0.267. The average Bonchev–Trinajstić information content (AvgIpc) is 2.38. The fourth-order valence-corrected chi connectivity index (χ4v) is 1.83. The summed E-state index contributed by atoms with van der Waals surface area (Å²) in [6, 6.07) is 4.20. The third-order valence-electron chi connectivity index (χ3n) is 2.47. The number of unbranched alkanes of at least 4 members (excludes halogenated alkanes) is 2. The maximum atomic E-state index is 12.3. The van der Waals surface area contributed by atoms with Crippen molar-refractivity contribution in [2.24, 2.45) is 0 Å². The van der Waals surface area contributed by atoms with Crippen LogP contribution in [0.15, 0.2) is 24.3 Å². The second-order valence-electron chi connectivity index (χ2n) is 4.09. The summed E-state index contributed by atoms with van der Waals surface area (Å²) in [5.41, 5.74) is -0.491. The molecule has 1 aromatic carbocycles. The Morgan fingerprint density at radius 2 is 1.80 bits per heavy atom. The molecule has 112 valence electrons. The van der Waals surface area contributed by atoms with Crippen molar-refractivity contribution in [2.45, 2.75) is 25.4 Å². The Morgan fingerprint density at radius 1 is 1.15 bits per heavy atom. The molecular formula is C13H15BrF3NO2. The van der Waals surface area contributed by atoms with Crippen LogP contribution in [0.1, 0.15) is 24.8 Å². The van der Waals surface area contributed by atoms with Gasteiger partial charge in [0.2, 0.25) is 0 Å². The van der Waals surface area contributed by atoms with Gasteiger partial charge in [0.25, 0.3) is 0 Å². The van der Waals surface area contributed by atoms with Gasteiger partial charge in [0, 0.05) is 11.0 Å². The predicted molar refractivity (Wildman–Crippen MR) is 74.1 cm³/mol. The molecule has 1 rings (SSSR count). The molecule has 0 spiro atoms. The lowest BCUT2D eigenvalue weighted by Gasteiger charge is -2.09. The van der Waals surface area contributed by atoms with E-state index in [1.807, 2.05) is 0 Å². The highest BCUT2D eigenvalue weighted by Gasteiger charge is 2.29. The number of hydrogen-bond acceptors (Lipinski definition) is 2. The Balaban J connectivity index is 2.35. The molecular weight excluding hydrogens is 339 g/mol. The van der Waals surface area contributed by atoms with E-state index in [9.17, 15) is 18.0 Å². The van der Waals surface area contributed by atoms with Gasteiger partial charge in [0.05, 0.1) is 12.2 Å². The van der Waals surface area contributed by atoms with E-state index in [0.29, 0.717) is 6.61 Å². The van der Waals surface area contributed by atoms with Gasteiger partial charge < -0.3 is 4.74 Å². The topological polar surface area (TPSA) is 38.3 Å². The lowest BCUT2D eigenvalue weighted by Crippen LogP contribution is -2.14. The summed E-state index contributed by atoms with van der Waals surface area (Å²) in [5.74, 6) is 0. The zero-order valence-corrected chi connectivity index (χ0v) is 12.3. The summed E-state index contributed by atoms with van der Waals surface area (Å²) in [7, 11) is 0. The van der Waals surface area contributed by atoms with Crippen LogP contribution in [0.2, 0.25) is 0 Å². The minimum Gasteiger partial charge on any atom is -0.449 e. The molecule has 0 aromatic heterocycles. The quantitative estimate of drug-likeness (QED) is 0.588. The SMILES string of the molecule is O=C(Nc1ccc(C(F)(F)F)cc1)OCCCCCBr. The molecule has 7 heteroatoms. The number of carbonyl (C=O) groups is 1.